The highest BCUT2D eigenvalue weighted by atomic mass is 19.1. The van der Waals surface area contributed by atoms with Gasteiger partial charge in [-0.3, -0.25) is 9.69 Å². The molecule has 0 aromatic heterocycles. The molecule has 1 amide bonds. The number of carbonyl (C=O) groups excluding carboxylic acids is 1. The maximum absolute atomic E-state index is 14.6. The smallest absolute Gasteiger partial charge is 0.254 e. The van der Waals surface area contributed by atoms with Crippen LogP contribution in [-0.2, 0) is 11.2 Å². The molecule has 1 N–H and O–H groups in total. The molecule has 1 saturated carbocycles. The Morgan fingerprint density at radius 3 is 2.78 bits per heavy atom. The lowest BCUT2D eigenvalue weighted by Crippen LogP contribution is -2.45. The van der Waals surface area contributed by atoms with Crippen LogP contribution >= 0.6 is 0 Å². The highest BCUT2D eigenvalue weighted by Gasteiger charge is 2.45. The lowest BCUT2D eigenvalue weighted by Gasteiger charge is -2.39. The van der Waals surface area contributed by atoms with E-state index < -0.39 is 11.7 Å². The van der Waals surface area contributed by atoms with Crippen molar-refractivity contribution in [1.29, 1.82) is 0 Å². The molecular formula is C26H31FN2O3. The quantitative estimate of drug-likeness (QED) is 0.687. The number of rotatable bonds is 6. The molecule has 2 fully saturated rings. The van der Waals surface area contributed by atoms with Crippen molar-refractivity contribution in [2.24, 2.45) is 0 Å². The summed E-state index contributed by atoms with van der Waals surface area (Å²) in [7, 11) is 1.56. The number of carbonyl (C=O) groups is 1. The normalized spacial score (nSPS) is 22.9. The van der Waals surface area contributed by atoms with Gasteiger partial charge in [-0.05, 0) is 66.6 Å². The first-order valence-corrected chi connectivity index (χ1v) is 11.7. The molecule has 2 aromatic rings. The third-order valence-corrected chi connectivity index (χ3v) is 7.31. The third kappa shape index (κ3) is 4.14. The van der Waals surface area contributed by atoms with Gasteiger partial charge >= 0.3 is 0 Å². The Labute approximate surface area is 188 Å². The van der Waals surface area contributed by atoms with E-state index in [-0.39, 0.29) is 11.2 Å². The first kappa shape index (κ1) is 21.4. The summed E-state index contributed by atoms with van der Waals surface area (Å²) in [5.41, 5.74) is 2.88. The number of nitrogens with one attached hydrogen (secondary N) is 1. The van der Waals surface area contributed by atoms with Crippen molar-refractivity contribution in [3.8, 4) is 16.9 Å². The second-order valence-corrected chi connectivity index (χ2v) is 9.36. The van der Waals surface area contributed by atoms with Crippen LogP contribution in [-0.4, -0.2) is 55.8 Å². The van der Waals surface area contributed by atoms with Crippen molar-refractivity contribution >= 4 is 5.91 Å². The van der Waals surface area contributed by atoms with Gasteiger partial charge in [-0.1, -0.05) is 18.6 Å². The van der Waals surface area contributed by atoms with Gasteiger partial charge in [-0.15, -0.1) is 0 Å². The van der Waals surface area contributed by atoms with Gasteiger partial charge in [0, 0.05) is 39.2 Å². The number of benzene rings is 2. The second-order valence-electron chi connectivity index (χ2n) is 9.36. The number of amides is 1. The number of ether oxygens (including phenoxy) is 2. The maximum Gasteiger partial charge on any atom is 0.254 e. The Balaban J connectivity index is 1.29. The van der Waals surface area contributed by atoms with Gasteiger partial charge in [0.25, 0.3) is 5.91 Å². The van der Waals surface area contributed by atoms with E-state index in [9.17, 15) is 9.18 Å². The molecule has 1 unspecified atom stereocenters. The van der Waals surface area contributed by atoms with Crippen LogP contribution in [0.4, 0.5) is 4.39 Å². The van der Waals surface area contributed by atoms with E-state index in [4.69, 9.17) is 9.47 Å². The molecule has 2 aliphatic heterocycles. The zero-order valence-electron chi connectivity index (χ0n) is 18.7. The maximum atomic E-state index is 14.6. The van der Waals surface area contributed by atoms with E-state index >= 15 is 0 Å². The van der Waals surface area contributed by atoms with Gasteiger partial charge in [0.1, 0.15) is 17.2 Å². The summed E-state index contributed by atoms with van der Waals surface area (Å²) in [6.07, 6.45) is 7.14. The van der Waals surface area contributed by atoms with Crippen molar-refractivity contribution in [2.75, 3.05) is 33.4 Å². The molecule has 2 heterocycles. The fourth-order valence-electron chi connectivity index (χ4n) is 5.17. The minimum absolute atomic E-state index is 0.0466. The van der Waals surface area contributed by atoms with E-state index in [0.717, 1.165) is 55.3 Å². The van der Waals surface area contributed by atoms with Gasteiger partial charge in [-0.25, -0.2) is 4.39 Å². The Hall–Kier alpha value is -2.44. The molecule has 0 radical (unpaired) electrons. The molecule has 5 nitrogen and oxygen atoms in total. The van der Waals surface area contributed by atoms with Crippen LogP contribution in [0.5, 0.6) is 5.75 Å². The zero-order chi connectivity index (χ0) is 22.1. The monoisotopic (exact) mass is 438 g/mol. The summed E-state index contributed by atoms with van der Waals surface area (Å²) in [5, 5.41) is 2.66. The van der Waals surface area contributed by atoms with Crippen LogP contribution in [0.3, 0.4) is 0 Å². The predicted octanol–water partition coefficient (Wildman–Crippen LogP) is 4.19. The average molecular weight is 439 g/mol. The molecular weight excluding hydrogens is 407 g/mol. The molecule has 1 atom stereocenters. The first-order chi connectivity index (χ1) is 15.6. The van der Waals surface area contributed by atoms with Crippen LogP contribution in [0.2, 0.25) is 0 Å². The number of halogens is 1. The number of hydrogen-bond acceptors (Lipinski definition) is 4. The topological polar surface area (TPSA) is 50.8 Å². The van der Waals surface area contributed by atoms with E-state index in [1.54, 1.807) is 19.2 Å². The van der Waals surface area contributed by atoms with Crippen molar-refractivity contribution in [3.05, 3.63) is 53.3 Å². The highest BCUT2D eigenvalue weighted by molar-refractivity contribution is 5.95. The molecule has 3 aliphatic rings. The van der Waals surface area contributed by atoms with E-state index in [1.165, 1.54) is 30.9 Å². The van der Waals surface area contributed by atoms with E-state index in [2.05, 4.69) is 16.3 Å². The van der Waals surface area contributed by atoms with Crippen LogP contribution in [0.1, 0.15) is 48.0 Å². The van der Waals surface area contributed by atoms with Gasteiger partial charge in [0.15, 0.2) is 0 Å². The molecule has 1 spiro atoms. The summed E-state index contributed by atoms with van der Waals surface area (Å²) < 4.78 is 26.1. The SMILES string of the molecule is COCCNC(=O)c1ccc(-c2ccc3c(c2)CCC2(CCN(C4CCC4)C2)O3)cc1F. The first-order valence-electron chi connectivity index (χ1n) is 11.7. The average Bonchev–Trinajstić information content (AvgIpc) is 3.14. The zero-order valence-corrected chi connectivity index (χ0v) is 18.7. The number of fused-ring (bicyclic) bond motifs is 1. The standard InChI is InChI=1S/C26H31FN2O3/c1-31-14-12-28-25(30)22-7-5-19(16-23(22)27)18-6-8-24-20(15-18)9-10-26(32-24)11-13-29(17-26)21-3-2-4-21/h5-8,15-16,21H,2-4,9-14,17H2,1H3,(H,28,30). The predicted molar refractivity (Wildman–Crippen MR) is 122 cm³/mol. The molecule has 170 valence electrons. The third-order valence-electron chi connectivity index (χ3n) is 7.31. The van der Waals surface area contributed by atoms with Crippen molar-refractivity contribution in [1.82, 2.24) is 10.2 Å². The van der Waals surface area contributed by atoms with Crippen molar-refractivity contribution in [3.63, 3.8) is 0 Å². The molecule has 32 heavy (non-hydrogen) atoms. The van der Waals surface area contributed by atoms with Gasteiger partial charge in [0.2, 0.25) is 0 Å². The number of nitrogens with zero attached hydrogens (tertiary/aromatic N) is 1. The van der Waals surface area contributed by atoms with E-state index in [1.807, 2.05) is 12.1 Å². The fraction of sp³-hybridized carbons (Fsp3) is 0.500. The summed E-state index contributed by atoms with van der Waals surface area (Å²) in [5.74, 6) is 0.0141. The molecule has 5 rings (SSSR count). The minimum Gasteiger partial charge on any atom is -0.486 e. The number of aryl methyl sites for hydroxylation is 1. The lowest BCUT2D eigenvalue weighted by atomic mass is 9.88. The van der Waals surface area contributed by atoms with Crippen molar-refractivity contribution in [2.45, 2.75) is 50.2 Å². The summed E-state index contributed by atoms with van der Waals surface area (Å²) in [6.45, 7) is 2.92. The number of methoxy groups -OCH3 is 1. The Morgan fingerprint density at radius 1 is 1.22 bits per heavy atom. The van der Waals surface area contributed by atoms with Crippen LogP contribution in [0.25, 0.3) is 11.1 Å². The largest absolute Gasteiger partial charge is 0.486 e. The molecule has 1 aliphatic carbocycles. The Kier molecular flexibility index (Phi) is 5.91. The number of hydrogen-bond donors (Lipinski definition) is 1. The fourth-order valence-corrected chi connectivity index (χ4v) is 5.17. The molecule has 1 saturated heterocycles. The summed E-state index contributed by atoms with van der Waals surface area (Å²) in [4.78, 5) is 14.8. The van der Waals surface area contributed by atoms with Gasteiger partial charge < -0.3 is 14.8 Å². The van der Waals surface area contributed by atoms with E-state index in [0.29, 0.717) is 13.2 Å². The Bertz CT molecular complexity index is 1010. The van der Waals surface area contributed by atoms with Crippen molar-refractivity contribution < 1.29 is 18.7 Å². The van der Waals surface area contributed by atoms with Crippen LogP contribution < -0.4 is 10.1 Å². The molecule has 6 heteroatoms. The number of likely N-dealkylation sites (tertiary alicyclic amines) is 1. The highest BCUT2D eigenvalue weighted by Crippen LogP contribution is 2.42. The Morgan fingerprint density at radius 2 is 2.03 bits per heavy atom. The van der Waals surface area contributed by atoms with Crippen LogP contribution in [0, 0.1) is 5.82 Å². The second kappa shape index (κ2) is 8.83. The molecule has 2 aromatic carbocycles. The van der Waals surface area contributed by atoms with Gasteiger partial charge in [-0.2, -0.15) is 0 Å². The van der Waals surface area contributed by atoms with Gasteiger partial charge in [0.05, 0.1) is 12.2 Å². The summed E-state index contributed by atoms with van der Waals surface area (Å²) >= 11 is 0. The lowest BCUT2D eigenvalue weighted by molar-refractivity contribution is 0.0413. The summed E-state index contributed by atoms with van der Waals surface area (Å²) in [6, 6.07) is 11.7. The molecule has 0 bridgehead atoms. The van der Waals surface area contributed by atoms with Crippen LogP contribution in [0.15, 0.2) is 36.4 Å². The minimum atomic E-state index is -0.521.